The Morgan fingerprint density at radius 2 is 2.23 bits per heavy atom. The van der Waals surface area contributed by atoms with Crippen molar-refractivity contribution in [2.45, 2.75) is 19.9 Å². The van der Waals surface area contributed by atoms with Gasteiger partial charge in [0, 0.05) is 16.1 Å². The van der Waals surface area contributed by atoms with Gasteiger partial charge in [-0.2, -0.15) is 0 Å². The van der Waals surface area contributed by atoms with E-state index in [1.165, 1.54) is 0 Å². The van der Waals surface area contributed by atoms with Crippen LogP contribution in [0.1, 0.15) is 25.5 Å². The van der Waals surface area contributed by atoms with E-state index in [1.807, 2.05) is 32.0 Å². The van der Waals surface area contributed by atoms with E-state index in [1.54, 1.807) is 0 Å². The van der Waals surface area contributed by atoms with Gasteiger partial charge in [-0.3, -0.25) is 0 Å². The van der Waals surface area contributed by atoms with Gasteiger partial charge in [0.25, 0.3) is 0 Å². The lowest BCUT2D eigenvalue weighted by atomic mass is 10.1. The molecule has 1 unspecified atom stereocenters. The van der Waals surface area contributed by atoms with Crippen molar-refractivity contribution in [2.75, 3.05) is 6.61 Å². The van der Waals surface area contributed by atoms with Gasteiger partial charge in [-0.15, -0.1) is 0 Å². The third-order valence-electron chi connectivity index (χ3n) is 1.77. The molecule has 1 aromatic carbocycles. The third kappa shape index (κ3) is 2.71. The number of ether oxygens (including phenoxy) is 1. The highest BCUT2D eigenvalue weighted by Crippen LogP contribution is 2.27. The molecule has 0 radical (unpaired) electrons. The van der Waals surface area contributed by atoms with Gasteiger partial charge in [0.1, 0.15) is 5.75 Å². The smallest absolute Gasteiger partial charge is 0.125 e. The molecule has 0 amide bonds. The SMILES string of the molecule is CCOc1cc(Br)ccc1C(C)N. The Hall–Kier alpha value is -0.540. The fourth-order valence-electron chi connectivity index (χ4n) is 1.16. The third-order valence-corrected chi connectivity index (χ3v) is 2.26. The molecule has 3 heteroatoms. The monoisotopic (exact) mass is 243 g/mol. The molecule has 0 heterocycles. The van der Waals surface area contributed by atoms with Crippen molar-refractivity contribution in [2.24, 2.45) is 5.73 Å². The Bertz CT molecular complexity index is 286. The molecule has 72 valence electrons. The Morgan fingerprint density at radius 1 is 1.54 bits per heavy atom. The first-order valence-electron chi connectivity index (χ1n) is 4.33. The summed E-state index contributed by atoms with van der Waals surface area (Å²) in [6.45, 7) is 4.58. The molecule has 0 aliphatic carbocycles. The summed E-state index contributed by atoms with van der Waals surface area (Å²) in [4.78, 5) is 0. The van der Waals surface area contributed by atoms with Crippen LogP contribution in [0.15, 0.2) is 22.7 Å². The Morgan fingerprint density at radius 3 is 2.77 bits per heavy atom. The van der Waals surface area contributed by atoms with E-state index in [0.717, 1.165) is 15.8 Å². The van der Waals surface area contributed by atoms with Gasteiger partial charge in [-0.1, -0.05) is 22.0 Å². The summed E-state index contributed by atoms with van der Waals surface area (Å²) in [5, 5.41) is 0. The van der Waals surface area contributed by atoms with Crippen molar-refractivity contribution in [3.63, 3.8) is 0 Å². The van der Waals surface area contributed by atoms with Gasteiger partial charge < -0.3 is 10.5 Å². The summed E-state index contributed by atoms with van der Waals surface area (Å²) in [5.74, 6) is 0.867. The van der Waals surface area contributed by atoms with E-state index in [9.17, 15) is 0 Å². The van der Waals surface area contributed by atoms with Gasteiger partial charge in [0.05, 0.1) is 6.61 Å². The molecule has 1 atom stereocenters. The first-order valence-corrected chi connectivity index (χ1v) is 5.12. The number of halogens is 1. The van der Waals surface area contributed by atoms with Crippen molar-refractivity contribution in [3.8, 4) is 5.75 Å². The van der Waals surface area contributed by atoms with Gasteiger partial charge in [-0.25, -0.2) is 0 Å². The quantitative estimate of drug-likeness (QED) is 0.887. The summed E-state index contributed by atoms with van der Waals surface area (Å²) in [6.07, 6.45) is 0. The fraction of sp³-hybridized carbons (Fsp3) is 0.400. The highest BCUT2D eigenvalue weighted by atomic mass is 79.9. The first-order chi connectivity index (χ1) is 6.15. The Balaban J connectivity index is 3.03. The number of benzene rings is 1. The predicted molar refractivity (Wildman–Crippen MR) is 57.9 cm³/mol. The molecular weight excluding hydrogens is 230 g/mol. The molecule has 0 spiro atoms. The average Bonchev–Trinajstić information content (AvgIpc) is 2.04. The zero-order valence-electron chi connectivity index (χ0n) is 7.88. The standard InChI is InChI=1S/C10H14BrNO/c1-3-13-10-6-8(11)4-5-9(10)7(2)12/h4-7H,3,12H2,1-2H3. The van der Waals surface area contributed by atoms with E-state index < -0.39 is 0 Å². The van der Waals surface area contributed by atoms with Crippen LogP contribution in [0.3, 0.4) is 0 Å². The summed E-state index contributed by atoms with van der Waals surface area (Å²) in [5.41, 5.74) is 6.85. The van der Waals surface area contributed by atoms with Crippen molar-refractivity contribution < 1.29 is 4.74 Å². The highest BCUT2D eigenvalue weighted by Gasteiger charge is 2.07. The van der Waals surface area contributed by atoms with Gasteiger partial charge in [0.2, 0.25) is 0 Å². The van der Waals surface area contributed by atoms with Crippen LogP contribution in [0.2, 0.25) is 0 Å². The maximum absolute atomic E-state index is 5.80. The summed E-state index contributed by atoms with van der Waals surface area (Å²) < 4.78 is 6.48. The van der Waals surface area contributed by atoms with E-state index in [2.05, 4.69) is 15.9 Å². The lowest BCUT2D eigenvalue weighted by Crippen LogP contribution is -2.07. The molecule has 0 fully saturated rings. The Labute approximate surface area is 87.2 Å². The zero-order valence-corrected chi connectivity index (χ0v) is 9.47. The van der Waals surface area contributed by atoms with Crippen LogP contribution in [-0.4, -0.2) is 6.61 Å². The molecule has 0 aliphatic heterocycles. The maximum atomic E-state index is 5.80. The highest BCUT2D eigenvalue weighted by molar-refractivity contribution is 9.10. The van der Waals surface area contributed by atoms with Crippen LogP contribution in [0.25, 0.3) is 0 Å². The minimum absolute atomic E-state index is 0.00894. The number of hydrogen-bond acceptors (Lipinski definition) is 2. The molecule has 0 saturated carbocycles. The molecule has 0 saturated heterocycles. The lowest BCUT2D eigenvalue weighted by molar-refractivity contribution is 0.334. The van der Waals surface area contributed by atoms with Crippen molar-refractivity contribution in [1.29, 1.82) is 0 Å². The van der Waals surface area contributed by atoms with Crippen molar-refractivity contribution in [1.82, 2.24) is 0 Å². The van der Waals surface area contributed by atoms with Crippen LogP contribution in [0.4, 0.5) is 0 Å². The molecule has 0 aromatic heterocycles. The minimum Gasteiger partial charge on any atom is -0.493 e. The predicted octanol–water partition coefficient (Wildman–Crippen LogP) is 2.87. The van der Waals surface area contributed by atoms with E-state index in [-0.39, 0.29) is 6.04 Å². The zero-order chi connectivity index (χ0) is 9.84. The molecular formula is C10H14BrNO. The van der Waals surface area contributed by atoms with Crippen LogP contribution < -0.4 is 10.5 Å². The molecule has 1 rings (SSSR count). The van der Waals surface area contributed by atoms with E-state index in [0.29, 0.717) is 6.61 Å². The normalized spacial score (nSPS) is 12.6. The van der Waals surface area contributed by atoms with Crippen molar-refractivity contribution in [3.05, 3.63) is 28.2 Å². The summed E-state index contributed by atoms with van der Waals surface area (Å²) >= 11 is 3.39. The van der Waals surface area contributed by atoms with Gasteiger partial charge in [0.15, 0.2) is 0 Å². The van der Waals surface area contributed by atoms with Crippen LogP contribution in [0.5, 0.6) is 5.75 Å². The maximum Gasteiger partial charge on any atom is 0.125 e. The molecule has 2 N–H and O–H groups in total. The minimum atomic E-state index is 0.00894. The second kappa shape index (κ2) is 4.63. The fourth-order valence-corrected chi connectivity index (χ4v) is 1.50. The molecule has 13 heavy (non-hydrogen) atoms. The van der Waals surface area contributed by atoms with Gasteiger partial charge >= 0.3 is 0 Å². The van der Waals surface area contributed by atoms with Crippen LogP contribution >= 0.6 is 15.9 Å². The number of nitrogens with two attached hydrogens (primary N) is 1. The lowest BCUT2D eigenvalue weighted by Gasteiger charge is -2.12. The molecule has 1 aromatic rings. The molecule has 0 aliphatic rings. The summed E-state index contributed by atoms with van der Waals surface area (Å²) in [6, 6.07) is 5.91. The topological polar surface area (TPSA) is 35.2 Å². The van der Waals surface area contributed by atoms with Gasteiger partial charge in [-0.05, 0) is 26.0 Å². The molecule has 0 bridgehead atoms. The summed E-state index contributed by atoms with van der Waals surface area (Å²) in [7, 11) is 0. The average molecular weight is 244 g/mol. The number of hydrogen-bond donors (Lipinski definition) is 1. The molecule has 2 nitrogen and oxygen atoms in total. The van der Waals surface area contributed by atoms with Crippen LogP contribution in [0, 0.1) is 0 Å². The van der Waals surface area contributed by atoms with Crippen molar-refractivity contribution >= 4 is 15.9 Å². The largest absolute Gasteiger partial charge is 0.493 e. The van der Waals surface area contributed by atoms with E-state index in [4.69, 9.17) is 10.5 Å². The number of rotatable bonds is 3. The second-order valence-electron chi connectivity index (χ2n) is 2.90. The first kappa shape index (κ1) is 10.5. The van der Waals surface area contributed by atoms with E-state index >= 15 is 0 Å². The van der Waals surface area contributed by atoms with Crippen LogP contribution in [-0.2, 0) is 0 Å². The second-order valence-corrected chi connectivity index (χ2v) is 3.82. The Kier molecular flexibility index (Phi) is 3.75.